The molecule has 2 amide bonds. The molecule has 0 aliphatic carbocycles. The fraction of sp³-hybridized carbons (Fsp3) is 0.778. The van der Waals surface area contributed by atoms with E-state index in [4.69, 9.17) is 9.47 Å². The van der Waals surface area contributed by atoms with Gasteiger partial charge in [-0.15, -0.1) is 6.58 Å². The first-order chi connectivity index (χ1) is 11.4. The Labute approximate surface area is 144 Å². The molecule has 24 heavy (non-hydrogen) atoms. The van der Waals surface area contributed by atoms with Crippen LogP contribution in [0.2, 0.25) is 0 Å². The van der Waals surface area contributed by atoms with Gasteiger partial charge >= 0.3 is 0 Å². The monoisotopic (exact) mass is 338 g/mol. The maximum atomic E-state index is 12.7. The summed E-state index contributed by atoms with van der Waals surface area (Å²) in [6, 6.07) is -0.607. The van der Waals surface area contributed by atoms with Gasteiger partial charge in [0, 0.05) is 13.0 Å². The maximum absolute atomic E-state index is 12.7. The molecule has 3 atom stereocenters. The Balaban J connectivity index is 2.06. The molecule has 0 radical (unpaired) electrons. The smallest absolute Gasteiger partial charge is 0.245 e. The Morgan fingerprint density at radius 2 is 2.08 bits per heavy atom. The summed E-state index contributed by atoms with van der Waals surface area (Å²) in [6.45, 7) is 10.5. The molecule has 0 spiro atoms. The number of ether oxygens (including phenoxy) is 2. The number of nitrogens with zero attached hydrogens (tertiary/aromatic N) is 1. The first-order valence-corrected chi connectivity index (χ1v) is 8.93. The number of nitrogens with one attached hydrogen (secondary N) is 1. The van der Waals surface area contributed by atoms with Crippen molar-refractivity contribution < 1.29 is 19.1 Å². The van der Waals surface area contributed by atoms with E-state index in [9.17, 15) is 9.59 Å². The standard InChI is InChI=1S/C18H30N2O4/c1-5-7-9-10-14(21)20-12-13-16(24-18(3,4)23-13)15(20)17(22)19-11-8-6-2/h5,13,15-16H,1,6-12H2,2-4H3,(H,19,22)/t13-,15-,16-/m0/s1. The molecule has 0 aromatic rings. The molecule has 136 valence electrons. The minimum Gasteiger partial charge on any atom is -0.354 e. The van der Waals surface area contributed by atoms with Crippen molar-refractivity contribution in [3.05, 3.63) is 12.7 Å². The third kappa shape index (κ3) is 4.36. The molecule has 1 N–H and O–H groups in total. The van der Waals surface area contributed by atoms with E-state index in [1.54, 1.807) is 11.0 Å². The Bertz CT molecular complexity index is 478. The molecule has 2 saturated heterocycles. The normalized spacial score (nSPS) is 27.8. The van der Waals surface area contributed by atoms with Crippen molar-refractivity contribution in [2.75, 3.05) is 13.1 Å². The second-order valence-corrected chi connectivity index (χ2v) is 6.96. The van der Waals surface area contributed by atoms with Crippen molar-refractivity contribution in [2.45, 2.75) is 76.9 Å². The summed E-state index contributed by atoms with van der Waals surface area (Å²) in [7, 11) is 0. The van der Waals surface area contributed by atoms with Crippen LogP contribution in [-0.2, 0) is 19.1 Å². The van der Waals surface area contributed by atoms with Crippen LogP contribution in [0.15, 0.2) is 12.7 Å². The largest absolute Gasteiger partial charge is 0.354 e. The zero-order valence-electron chi connectivity index (χ0n) is 15.0. The summed E-state index contributed by atoms with van der Waals surface area (Å²) in [5, 5.41) is 2.93. The van der Waals surface area contributed by atoms with Crippen LogP contribution in [0.5, 0.6) is 0 Å². The number of fused-ring (bicyclic) bond motifs is 1. The van der Waals surface area contributed by atoms with Crippen molar-refractivity contribution in [3.8, 4) is 0 Å². The molecule has 2 rings (SSSR count). The number of carbonyl (C=O) groups excluding carboxylic acids is 2. The highest BCUT2D eigenvalue weighted by atomic mass is 16.8. The molecule has 0 aromatic heterocycles. The van der Waals surface area contributed by atoms with Crippen LogP contribution in [0.3, 0.4) is 0 Å². The molecule has 0 bridgehead atoms. The van der Waals surface area contributed by atoms with Gasteiger partial charge < -0.3 is 19.7 Å². The highest BCUT2D eigenvalue weighted by molar-refractivity contribution is 5.89. The Morgan fingerprint density at radius 1 is 1.33 bits per heavy atom. The van der Waals surface area contributed by atoms with Gasteiger partial charge in [-0.25, -0.2) is 0 Å². The van der Waals surface area contributed by atoms with E-state index in [2.05, 4.69) is 18.8 Å². The van der Waals surface area contributed by atoms with Crippen molar-refractivity contribution in [3.63, 3.8) is 0 Å². The first-order valence-electron chi connectivity index (χ1n) is 8.93. The van der Waals surface area contributed by atoms with Crippen LogP contribution in [0.25, 0.3) is 0 Å². The Hall–Kier alpha value is -1.40. The van der Waals surface area contributed by atoms with Crippen molar-refractivity contribution in [1.29, 1.82) is 0 Å². The molecule has 2 heterocycles. The SMILES string of the molecule is C=CCCCC(=O)N1C[C@@H]2OC(C)(C)O[C@@H]2[C@H]1C(=O)NCCCC. The minimum atomic E-state index is -0.713. The van der Waals surface area contributed by atoms with Crippen LogP contribution in [0.4, 0.5) is 0 Å². The quantitative estimate of drug-likeness (QED) is 0.543. The predicted molar refractivity (Wildman–Crippen MR) is 91.3 cm³/mol. The van der Waals surface area contributed by atoms with E-state index >= 15 is 0 Å². The van der Waals surface area contributed by atoms with Crippen LogP contribution in [0.1, 0.15) is 52.9 Å². The lowest BCUT2D eigenvalue weighted by atomic mass is 10.1. The molecule has 6 nitrogen and oxygen atoms in total. The number of carbonyl (C=O) groups is 2. The number of likely N-dealkylation sites (tertiary alicyclic amines) is 1. The average Bonchev–Trinajstić information content (AvgIpc) is 2.99. The Morgan fingerprint density at radius 3 is 2.75 bits per heavy atom. The molecule has 2 aliphatic heterocycles. The maximum Gasteiger partial charge on any atom is 0.245 e. The lowest BCUT2D eigenvalue weighted by Gasteiger charge is -2.29. The van der Waals surface area contributed by atoms with Crippen molar-refractivity contribution in [2.24, 2.45) is 0 Å². The van der Waals surface area contributed by atoms with Gasteiger partial charge in [-0.05, 0) is 33.1 Å². The van der Waals surface area contributed by atoms with Crippen LogP contribution in [0, 0.1) is 0 Å². The van der Waals surface area contributed by atoms with E-state index in [1.807, 2.05) is 13.8 Å². The van der Waals surface area contributed by atoms with Crippen molar-refractivity contribution in [1.82, 2.24) is 10.2 Å². The molecule has 0 aromatic carbocycles. The van der Waals surface area contributed by atoms with E-state index in [0.717, 1.165) is 25.7 Å². The second kappa shape index (κ2) is 8.12. The Kier molecular flexibility index (Phi) is 6.40. The average molecular weight is 338 g/mol. The second-order valence-electron chi connectivity index (χ2n) is 6.96. The molecule has 6 heteroatoms. The third-order valence-corrected chi connectivity index (χ3v) is 4.46. The summed E-state index contributed by atoms with van der Waals surface area (Å²) in [4.78, 5) is 26.9. The number of hydrogen-bond donors (Lipinski definition) is 1. The number of rotatable bonds is 8. The zero-order valence-corrected chi connectivity index (χ0v) is 15.0. The molecular weight excluding hydrogens is 308 g/mol. The van der Waals surface area contributed by atoms with E-state index in [-0.39, 0.29) is 17.9 Å². The summed E-state index contributed by atoms with van der Waals surface area (Å²) in [6.07, 6.45) is 5.03. The molecule has 2 aliphatic rings. The highest BCUT2D eigenvalue weighted by Gasteiger charge is 2.56. The topological polar surface area (TPSA) is 67.9 Å². The molecular formula is C18H30N2O4. The zero-order chi connectivity index (χ0) is 17.7. The van der Waals surface area contributed by atoms with Gasteiger partial charge in [0.1, 0.15) is 18.2 Å². The van der Waals surface area contributed by atoms with Gasteiger partial charge in [0.2, 0.25) is 11.8 Å². The van der Waals surface area contributed by atoms with E-state index in [0.29, 0.717) is 19.5 Å². The summed E-state index contributed by atoms with van der Waals surface area (Å²) < 4.78 is 11.8. The van der Waals surface area contributed by atoms with Crippen LogP contribution in [-0.4, -0.2) is 53.8 Å². The fourth-order valence-electron chi connectivity index (χ4n) is 3.34. The van der Waals surface area contributed by atoms with E-state index in [1.165, 1.54) is 0 Å². The molecule has 2 fully saturated rings. The lowest BCUT2D eigenvalue weighted by Crippen LogP contribution is -2.51. The predicted octanol–water partition coefficient (Wildman–Crippen LogP) is 1.99. The van der Waals surface area contributed by atoms with Gasteiger partial charge in [0.15, 0.2) is 5.79 Å². The summed E-state index contributed by atoms with van der Waals surface area (Å²) in [5.41, 5.74) is 0. The lowest BCUT2D eigenvalue weighted by molar-refractivity contribution is -0.170. The van der Waals surface area contributed by atoms with Crippen LogP contribution < -0.4 is 5.32 Å². The number of unbranched alkanes of at least 4 members (excludes halogenated alkanes) is 2. The highest BCUT2D eigenvalue weighted by Crippen LogP contribution is 2.37. The fourth-order valence-corrected chi connectivity index (χ4v) is 3.34. The third-order valence-electron chi connectivity index (χ3n) is 4.46. The number of allylic oxidation sites excluding steroid dienone is 1. The summed E-state index contributed by atoms with van der Waals surface area (Å²) in [5.74, 6) is -0.879. The van der Waals surface area contributed by atoms with Gasteiger partial charge in [0.25, 0.3) is 0 Å². The number of hydrogen-bond acceptors (Lipinski definition) is 4. The minimum absolute atomic E-state index is 0.0214. The number of amides is 2. The molecule has 0 saturated carbocycles. The van der Waals surface area contributed by atoms with Crippen LogP contribution >= 0.6 is 0 Å². The van der Waals surface area contributed by atoms with Gasteiger partial charge in [-0.1, -0.05) is 19.4 Å². The van der Waals surface area contributed by atoms with Gasteiger partial charge in [-0.3, -0.25) is 9.59 Å². The summed E-state index contributed by atoms with van der Waals surface area (Å²) >= 11 is 0. The van der Waals surface area contributed by atoms with Gasteiger partial charge in [0.05, 0.1) is 6.54 Å². The van der Waals surface area contributed by atoms with Crippen molar-refractivity contribution >= 4 is 11.8 Å². The van der Waals surface area contributed by atoms with E-state index < -0.39 is 17.9 Å². The van der Waals surface area contributed by atoms with Gasteiger partial charge in [-0.2, -0.15) is 0 Å². The first kappa shape index (κ1) is 18.9. The molecule has 0 unspecified atom stereocenters.